The van der Waals surface area contributed by atoms with Crippen molar-refractivity contribution in [3.05, 3.63) is 174 Å². The summed E-state index contributed by atoms with van der Waals surface area (Å²) in [6.45, 7) is 8.83. The number of hydrogen-bond acceptors (Lipinski definition) is 4. The summed E-state index contributed by atoms with van der Waals surface area (Å²) < 4.78 is 0. The van der Waals surface area contributed by atoms with Gasteiger partial charge < -0.3 is 4.90 Å². The summed E-state index contributed by atoms with van der Waals surface area (Å²) >= 11 is 2.02. The predicted octanol–water partition coefficient (Wildman–Crippen LogP) is 12.7. The van der Waals surface area contributed by atoms with Gasteiger partial charge in [-0.3, -0.25) is 0 Å². The third-order valence-electron chi connectivity index (χ3n) is 12.5. The molecule has 3 aromatic carbocycles. The second-order valence-electron chi connectivity index (χ2n) is 15.4. The van der Waals surface area contributed by atoms with E-state index in [-0.39, 0.29) is 23.8 Å². The molecule has 1 aromatic heterocycles. The van der Waals surface area contributed by atoms with Crippen LogP contribution in [0.2, 0.25) is 0 Å². The Hall–Kier alpha value is -4.93. The van der Waals surface area contributed by atoms with E-state index in [4.69, 9.17) is 9.97 Å². The average molecular weight is 708 g/mol. The van der Waals surface area contributed by atoms with Gasteiger partial charge >= 0.3 is 0 Å². The van der Waals surface area contributed by atoms with Crippen LogP contribution in [0.15, 0.2) is 168 Å². The normalized spacial score (nSPS) is 27.8. The average Bonchev–Trinajstić information content (AvgIpc) is 3.75. The molecule has 3 nitrogen and oxygen atoms in total. The lowest BCUT2D eigenvalue weighted by atomic mass is 9.74. The number of thioether (sulfide) groups is 1. The lowest BCUT2D eigenvalue weighted by Gasteiger charge is -2.33. The van der Waals surface area contributed by atoms with Crippen LogP contribution in [-0.2, 0) is 0 Å². The highest BCUT2D eigenvalue weighted by atomic mass is 32.2. The third kappa shape index (κ3) is 5.57. The van der Waals surface area contributed by atoms with Crippen molar-refractivity contribution in [1.29, 1.82) is 0 Å². The van der Waals surface area contributed by atoms with Crippen LogP contribution in [0.25, 0.3) is 22.2 Å². The number of benzene rings is 3. The molecule has 3 heterocycles. The molecule has 53 heavy (non-hydrogen) atoms. The standard InChI is InChI=1S/C49H45N3S/c1-3-32-15-4-5-16-33-17-6-7-18-35(33)42(29-31(32)2)34-27-28-37-36-19-9-12-25-44(36)52(45(37)30-34)49-50-43-24-11-8-21-40(43)47(51-49)41-23-14-22-39-38-20-10-13-26-46(38)53-48(39)41/h3-4,7-9,11-15,18-19,21-28,30,32,37-38,42,45-46H,1-2,5-6,10,16-17,20,29H2/b15-4-/t32?,37-,38-,42-,45?,46?/m1/s1. The van der Waals surface area contributed by atoms with E-state index in [9.17, 15) is 0 Å². The van der Waals surface area contributed by atoms with Crippen molar-refractivity contribution in [3.8, 4) is 11.3 Å². The molecular weight excluding hydrogens is 663 g/mol. The van der Waals surface area contributed by atoms with Crippen LogP contribution >= 0.6 is 11.8 Å². The van der Waals surface area contributed by atoms with E-state index in [1.54, 1.807) is 5.57 Å². The molecule has 262 valence electrons. The van der Waals surface area contributed by atoms with Gasteiger partial charge in [0.15, 0.2) is 0 Å². The summed E-state index contributed by atoms with van der Waals surface area (Å²) in [5.41, 5.74) is 12.9. The summed E-state index contributed by atoms with van der Waals surface area (Å²) in [5.74, 6) is 1.97. The van der Waals surface area contributed by atoms with Crippen molar-refractivity contribution in [3.63, 3.8) is 0 Å². The van der Waals surface area contributed by atoms with Crippen LogP contribution < -0.4 is 4.90 Å². The van der Waals surface area contributed by atoms with Gasteiger partial charge in [-0.15, -0.1) is 18.3 Å². The molecule has 4 aromatic rings. The molecule has 6 aliphatic rings. The molecule has 10 rings (SSSR count). The number of aromatic nitrogens is 2. The van der Waals surface area contributed by atoms with Gasteiger partial charge in [0.05, 0.1) is 17.3 Å². The van der Waals surface area contributed by atoms with Gasteiger partial charge in [0.2, 0.25) is 5.95 Å². The molecule has 0 bridgehead atoms. The van der Waals surface area contributed by atoms with E-state index >= 15 is 0 Å². The van der Waals surface area contributed by atoms with Crippen molar-refractivity contribution in [2.45, 2.75) is 73.0 Å². The lowest BCUT2D eigenvalue weighted by molar-refractivity contribution is 0.634. The molecular formula is C49H45N3S. The van der Waals surface area contributed by atoms with Crippen molar-refractivity contribution >= 4 is 34.3 Å². The molecule has 3 unspecified atom stereocenters. The molecule has 0 radical (unpaired) electrons. The van der Waals surface area contributed by atoms with Crippen molar-refractivity contribution in [2.75, 3.05) is 4.90 Å². The second-order valence-corrected chi connectivity index (χ2v) is 16.6. The van der Waals surface area contributed by atoms with Crippen LogP contribution in [0, 0.1) is 11.8 Å². The number of hydrogen-bond donors (Lipinski definition) is 0. The molecule has 0 saturated heterocycles. The Kier molecular flexibility index (Phi) is 8.32. The molecule has 2 aliphatic heterocycles. The second kappa shape index (κ2) is 13.5. The lowest BCUT2D eigenvalue weighted by Crippen LogP contribution is -2.32. The first-order valence-corrected chi connectivity index (χ1v) is 20.4. The van der Waals surface area contributed by atoms with Gasteiger partial charge in [-0.25, -0.2) is 9.97 Å². The monoisotopic (exact) mass is 707 g/mol. The molecule has 4 aliphatic carbocycles. The zero-order chi connectivity index (χ0) is 35.5. The Labute approximate surface area is 318 Å². The summed E-state index contributed by atoms with van der Waals surface area (Å²) in [7, 11) is 0. The molecule has 0 spiro atoms. The van der Waals surface area contributed by atoms with Crippen molar-refractivity contribution < 1.29 is 0 Å². The van der Waals surface area contributed by atoms with Crippen molar-refractivity contribution in [2.24, 2.45) is 11.8 Å². The van der Waals surface area contributed by atoms with Crippen molar-refractivity contribution in [1.82, 2.24) is 9.97 Å². The molecule has 0 N–H and O–H groups in total. The Balaban J connectivity index is 1.12. The van der Waals surface area contributed by atoms with Gasteiger partial charge in [-0.1, -0.05) is 133 Å². The number of para-hydroxylation sites is 2. The van der Waals surface area contributed by atoms with Gasteiger partial charge in [0.25, 0.3) is 0 Å². The SMILES string of the molecule is C=CC1/C=C\CCC2=C(C=CCC2)[C@@H](C2=CC3[C@H](C=C2)c2ccccc2N3c2nc(-c3cccc4c3SC3C=CCC[C@H]43)c3ccccc3n2)CC1=C. The van der Waals surface area contributed by atoms with E-state index in [1.165, 1.54) is 50.4 Å². The number of rotatable bonds is 4. The number of allylic oxidation sites excluding steroid dienone is 11. The Bertz CT molecular complexity index is 2350. The van der Waals surface area contributed by atoms with Crippen LogP contribution in [0.5, 0.6) is 0 Å². The Morgan fingerprint density at radius 1 is 0.811 bits per heavy atom. The van der Waals surface area contributed by atoms with E-state index in [0.717, 1.165) is 61.1 Å². The maximum absolute atomic E-state index is 5.60. The Morgan fingerprint density at radius 3 is 2.57 bits per heavy atom. The van der Waals surface area contributed by atoms with Gasteiger partial charge in [-0.2, -0.15) is 0 Å². The fraction of sp³-hybridized carbons (Fsp3) is 0.265. The summed E-state index contributed by atoms with van der Waals surface area (Å²) in [5, 5.41) is 1.61. The zero-order valence-electron chi connectivity index (χ0n) is 30.2. The first kappa shape index (κ1) is 32.7. The van der Waals surface area contributed by atoms with Crippen LogP contribution in [0.3, 0.4) is 0 Å². The minimum atomic E-state index is 0.0562. The van der Waals surface area contributed by atoms with Crippen LogP contribution in [-0.4, -0.2) is 21.3 Å². The van der Waals surface area contributed by atoms with Crippen LogP contribution in [0.4, 0.5) is 11.6 Å². The first-order chi connectivity index (χ1) is 26.2. The van der Waals surface area contributed by atoms with Gasteiger partial charge in [0, 0.05) is 50.5 Å². The molecule has 0 amide bonds. The summed E-state index contributed by atoms with van der Waals surface area (Å²) in [6.07, 6.45) is 31.4. The topological polar surface area (TPSA) is 29.0 Å². The largest absolute Gasteiger partial charge is 0.302 e. The fourth-order valence-corrected chi connectivity index (χ4v) is 11.4. The molecule has 6 atom stereocenters. The highest BCUT2D eigenvalue weighted by Crippen LogP contribution is 2.54. The highest BCUT2D eigenvalue weighted by Gasteiger charge is 2.41. The Morgan fingerprint density at radius 2 is 1.64 bits per heavy atom. The van der Waals surface area contributed by atoms with Gasteiger partial charge in [0.1, 0.15) is 0 Å². The van der Waals surface area contributed by atoms with E-state index in [0.29, 0.717) is 11.2 Å². The van der Waals surface area contributed by atoms with Gasteiger partial charge in [-0.05, 0) is 79.4 Å². The first-order valence-electron chi connectivity index (χ1n) is 19.5. The molecule has 0 fully saturated rings. The van der Waals surface area contributed by atoms with E-state index < -0.39 is 0 Å². The number of anilines is 2. The number of fused-ring (bicyclic) bond motifs is 7. The fourth-order valence-electron chi connectivity index (χ4n) is 9.82. The summed E-state index contributed by atoms with van der Waals surface area (Å²) in [6, 6.07) is 24.4. The van der Waals surface area contributed by atoms with E-state index in [1.807, 2.05) is 11.8 Å². The van der Waals surface area contributed by atoms with Crippen LogP contribution in [0.1, 0.15) is 67.9 Å². The minimum Gasteiger partial charge on any atom is -0.302 e. The quantitative estimate of drug-likeness (QED) is 0.198. The number of nitrogens with zero attached hydrogens (tertiary/aromatic N) is 3. The highest BCUT2D eigenvalue weighted by molar-refractivity contribution is 8.00. The summed E-state index contributed by atoms with van der Waals surface area (Å²) in [4.78, 5) is 14.8. The molecule has 0 saturated carbocycles. The predicted molar refractivity (Wildman–Crippen MR) is 223 cm³/mol. The molecule has 4 heteroatoms. The van der Waals surface area contributed by atoms with E-state index in [2.05, 4.69) is 146 Å². The maximum Gasteiger partial charge on any atom is 0.231 e. The maximum atomic E-state index is 5.60. The third-order valence-corrected chi connectivity index (χ3v) is 13.9. The zero-order valence-corrected chi connectivity index (χ0v) is 31.0. The smallest absolute Gasteiger partial charge is 0.231 e. The minimum absolute atomic E-state index is 0.0562.